The van der Waals surface area contributed by atoms with Crippen molar-refractivity contribution in [2.45, 2.75) is 13.1 Å². The Morgan fingerprint density at radius 2 is 1.67 bits per heavy atom. The van der Waals surface area contributed by atoms with Crippen LogP contribution in [0.5, 0.6) is 0 Å². The zero-order valence-corrected chi connectivity index (χ0v) is 14.2. The van der Waals surface area contributed by atoms with E-state index in [0.717, 1.165) is 11.6 Å². The average Bonchev–Trinajstić information content (AvgIpc) is 3.28. The molecule has 4 aromatic rings. The van der Waals surface area contributed by atoms with Crippen LogP contribution < -0.4 is 0 Å². The third-order valence-corrected chi connectivity index (χ3v) is 4.24. The Labute approximate surface area is 152 Å². The number of alkyl halides is 3. The van der Waals surface area contributed by atoms with E-state index in [2.05, 4.69) is 10.1 Å². The Morgan fingerprint density at radius 3 is 2.41 bits per heavy atom. The lowest BCUT2D eigenvalue weighted by Gasteiger charge is -2.12. The van der Waals surface area contributed by atoms with Crippen LogP contribution in [-0.4, -0.2) is 14.7 Å². The van der Waals surface area contributed by atoms with Gasteiger partial charge in [-0.3, -0.25) is 0 Å². The summed E-state index contributed by atoms with van der Waals surface area (Å²) in [6.07, 6.45) is -1.54. The first-order chi connectivity index (χ1) is 12.9. The Balaban J connectivity index is 1.81. The first kappa shape index (κ1) is 17.1. The Kier molecular flexibility index (Phi) is 4.07. The van der Waals surface area contributed by atoms with E-state index in [0.29, 0.717) is 22.7 Å². The highest BCUT2D eigenvalue weighted by Crippen LogP contribution is 2.36. The predicted octanol–water partition coefficient (Wildman–Crippen LogP) is 5.52. The van der Waals surface area contributed by atoms with Crippen molar-refractivity contribution in [3.63, 3.8) is 0 Å². The molecule has 27 heavy (non-hydrogen) atoms. The summed E-state index contributed by atoms with van der Waals surface area (Å²) in [4.78, 5) is 4.30. The monoisotopic (exact) mass is 369 g/mol. The van der Waals surface area contributed by atoms with Crippen molar-refractivity contribution in [1.82, 2.24) is 14.7 Å². The lowest BCUT2D eigenvalue weighted by Crippen LogP contribution is -2.09. The van der Waals surface area contributed by atoms with Crippen LogP contribution >= 0.6 is 0 Å². The number of hydrogen-bond acceptors (Lipinski definition) is 3. The van der Waals surface area contributed by atoms with E-state index in [1.54, 1.807) is 19.2 Å². The number of para-hydroxylation sites is 1. The van der Waals surface area contributed by atoms with Gasteiger partial charge in [0.15, 0.2) is 0 Å². The van der Waals surface area contributed by atoms with E-state index >= 15 is 0 Å². The van der Waals surface area contributed by atoms with Crippen LogP contribution in [0.4, 0.5) is 13.2 Å². The zero-order chi connectivity index (χ0) is 19.0. The number of halogens is 3. The van der Waals surface area contributed by atoms with Gasteiger partial charge in [-0.15, -0.1) is 0 Å². The van der Waals surface area contributed by atoms with Gasteiger partial charge in [0.2, 0.25) is 0 Å². The van der Waals surface area contributed by atoms with E-state index < -0.39 is 11.7 Å². The molecule has 4 rings (SSSR count). The van der Waals surface area contributed by atoms with Crippen molar-refractivity contribution in [3.05, 3.63) is 78.4 Å². The summed E-state index contributed by atoms with van der Waals surface area (Å²) in [5.41, 5.74) is 1.88. The number of aromatic nitrogens is 3. The molecule has 2 heterocycles. The maximum Gasteiger partial charge on any atom is 0.418 e. The third-order valence-electron chi connectivity index (χ3n) is 4.24. The number of hydrogen-bond donors (Lipinski definition) is 0. The fourth-order valence-electron chi connectivity index (χ4n) is 2.99. The molecule has 0 fully saturated rings. The topological polar surface area (TPSA) is 43.9 Å². The molecule has 0 aliphatic rings. The molecule has 0 bridgehead atoms. The van der Waals surface area contributed by atoms with Gasteiger partial charge >= 0.3 is 6.18 Å². The summed E-state index contributed by atoms with van der Waals surface area (Å²) in [6.45, 7) is 1.75. The van der Waals surface area contributed by atoms with Gasteiger partial charge in [0.25, 0.3) is 0 Å². The number of imidazole rings is 1. The van der Waals surface area contributed by atoms with Crippen molar-refractivity contribution in [2.24, 2.45) is 0 Å². The quantitative estimate of drug-likeness (QED) is 0.477. The molecule has 0 aliphatic heterocycles. The number of rotatable bonds is 3. The lowest BCUT2D eigenvalue weighted by atomic mass is 10.0. The van der Waals surface area contributed by atoms with Crippen molar-refractivity contribution < 1.29 is 17.7 Å². The van der Waals surface area contributed by atoms with Gasteiger partial charge in [-0.05, 0) is 19.1 Å². The van der Waals surface area contributed by atoms with Gasteiger partial charge in [0.05, 0.1) is 28.8 Å². The minimum atomic E-state index is -4.46. The largest absolute Gasteiger partial charge is 0.418 e. The molecule has 0 unspecified atom stereocenters. The first-order valence-electron chi connectivity index (χ1n) is 8.18. The second-order valence-electron chi connectivity index (χ2n) is 6.01. The van der Waals surface area contributed by atoms with Crippen LogP contribution in [0.3, 0.4) is 0 Å². The van der Waals surface area contributed by atoms with Gasteiger partial charge in [0, 0.05) is 11.8 Å². The number of aryl methyl sites for hydroxylation is 1. The fraction of sp³-hybridized carbons (Fsp3) is 0.100. The normalized spacial score (nSPS) is 11.7. The highest BCUT2D eigenvalue weighted by atomic mass is 19.4. The molecule has 4 nitrogen and oxygen atoms in total. The predicted molar refractivity (Wildman–Crippen MR) is 94.2 cm³/mol. The molecule has 0 amide bonds. The summed E-state index contributed by atoms with van der Waals surface area (Å²) >= 11 is 0. The van der Waals surface area contributed by atoms with E-state index in [1.165, 1.54) is 23.0 Å². The van der Waals surface area contributed by atoms with Gasteiger partial charge in [-0.25, -0.2) is 4.98 Å². The van der Waals surface area contributed by atoms with Crippen LogP contribution in [0.25, 0.3) is 28.2 Å². The minimum Gasteiger partial charge on any atom is -0.360 e. The van der Waals surface area contributed by atoms with Gasteiger partial charge in [-0.2, -0.15) is 13.2 Å². The van der Waals surface area contributed by atoms with Gasteiger partial charge in [0.1, 0.15) is 11.5 Å². The molecule has 7 heteroatoms. The van der Waals surface area contributed by atoms with Crippen molar-refractivity contribution in [2.75, 3.05) is 0 Å². The Morgan fingerprint density at radius 1 is 0.963 bits per heavy atom. The first-order valence-corrected chi connectivity index (χ1v) is 8.18. The SMILES string of the molecule is Cc1onc(-c2ccccc2)c1-c1cn(-c2ccccc2C(F)(F)F)cn1. The number of benzene rings is 2. The van der Waals surface area contributed by atoms with Crippen LogP contribution in [0, 0.1) is 6.92 Å². The minimum absolute atomic E-state index is 0.0131. The smallest absolute Gasteiger partial charge is 0.360 e. The van der Waals surface area contributed by atoms with E-state index in [1.807, 2.05) is 30.3 Å². The highest BCUT2D eigenvalue weighted by Gasteiger charge is 2.33. The van der Waals surface area contributed by atoms with Crippen LogP contribution in [-0.2, 0) is 6.18 Å². The molecule has 0 spiro atoms. The van der Waals surface area contributed by atoms with E-state index in [-0.39, 0.29) is 5.69 Å². The third kappa shape index (κ3) is 3.12. The second kappa shape index (κ2) is 6.42. The van der Waals surface area contributed by atoms with Gasteiger partial charge < -0.3 is 9.09 Å². The lowest BCUT2D eigenvalue weighted by molar-refractivity contribution is -0.137. The summed E-state index contributed by atoms with van der Waals surface area (Å²) in [5.74, 6) is 0.545. The highest BCUT2D eigenvalue weighted by molar-refractivity contribution is 5.80. The molecule has 2 aromatic carbocycles. The van der Waals surface area contributed by atoms with Crippen molar-refractivity contribution in [3.8, 4) is 28.2 Å². The van der Waals surface area contributed by atoms with Crippen LogP contribution in [0.1, 0.15) is 11.3 Å². The molecule has 0 saturated heterocycles. The molecule has 136 valence electrons. The molecular weight excluding hydrogens is 355 g/mol. The van der Waals surface area contributed by atoms with E-state index in [9.17, 15) is 13.2 Å². The molecule has 0 radical (unpaired) electrons. The zero-order valence-electron chi connectivity index (χ0n) is 14.2. The standard InChI is InChI=1S/C20H14F3N3O/c1-13-18(19(25-27-13)14-7-3-2-4-8-14)16-11-26(12-24-16)17-10-6-5-9-15(17)20(21,22)23/h2-12H,1H3. The van der Waals surface area contributed by atoms with Gasteiger partial charge in [-0.1, -0.05) is 47.6 Å². The van der Waals surface area contributed by atoms with E-state index in [4.69, 9.17) is 4.52 Å². The Hall–Kier alpha value is -3.35. The molecule has 0 aliphatic carbocycles. The number of nitrogens with zero attached hydrogens (tertiary/aromatic N) is 3. The molecule has 0 atom stereocenters. The summed E-state index contributed by atoms with van der Waals surface area (Å²) in [5, 5.41) is 4.10. The maximum absolute atomic E-state index is 13.3. The Bertz CT molecular complexity index is 1080. The fourth-order valence-corrected chi connectivity index (χ4v) is 2.99. The molecule has 0 N–H and O–H groups in total. The van der Waals surface area contributed by atoms with Crippen molar-refractivity contribution in [1.29, 1.82) is 0 Å². The summed E-state index contributed by atoms with van der Waals surface area (Å²) < 4.78 is 46.6. The molecule has 0 saturated carbocycles. The van der Waals surface area contributed by atoms with Crippen molar-refractivity contribution >= 4 is 0 Å². The summed E-state index contributed by atoms with van der Waals surface area (Å²) in [6, 6.07) is 14.8. The average molecular weight is 369 g/mol. The van der Waals surface area contributed by atoms with Crippen LogP contribution in [0.15, 0.2) is 71.6 Å². The second-order valence-corrected chi connectivity index (χ2v) is 6.01. The molecular formula is C20H14F3N3O. The summed E-state index contributed by atoms with van der Waals surface area (Å²) in [7, 11) is 0. The molecule has 2 aromatic heterocycles. The van der Waals surface area contributed by atoms with Crippen LogP contribution in [0.2, 0.25) is 0 Å². The maximum atomic E-state index is 13.3.